The molecule has 1 N–H and O–H groups in total. The van der Waals surface area contributed by atoms with Gasteiger partial charge in [-0.05, 0) is 44.8 Å². The van der Waals surface area contributed by atoms with Crippen LogP contribution in [-0.4, -0.2) is 66.6 Å². The minimum absolute atomic E-state index is 0. The summed E-state index contributed by atoms with van der Waals surface area (Å²) in [5, 5.41) is 3.44. The van der Waals surface area contributed by atoms with E-state index in [1.165, 1.54) is 32.1 Å². The molecular weight excluding hydrogens is 398 g/mol. The molecule has 1 saturated carbocycles. The van der Waals surface area contributed by atoms with Crippen molar-refractivity contribution in [2.75, 3.05) is 39.3 Å². The van der Waals surface area contributed by atoms with Gasteiger partial charge >= 0.3 is 0 Å². The lowest BCUT2D eigenvalue weighted by Crippen LogP contribution is -2.55. The molecule has 1 aliphatic carbocycles. The Morgan fingerprint density at radius 1 is 1.00 bits per heavy atom. The van der Waals surface area contributed by atoms with Crippen molar-refractivity contribution in [3.63, 3.8) is 0 Å². The Labute approximate surface area is 186 Å². The highest BCUT2D eigenvalue weighted by Gasteiger charge is 2.45. The first-order valence-electron chi connectivity index (χ1n) is 11.8. The van der Waals surface area contributed by atoms with E-state index in [0.717, 1.165) is 75.9 Å². The number of piperazine rings is 1. The quantitative estimate of drug-likeness (QED) is 0.774. The maximum atomic E-state index is 13.7. The number of hydrogen-bond acceptors (Lipinski definition) is 4. The predicted octanol–water partition coefficient (Wildman–Crippen LogP) is 3.57. The van der Waals surface area contributed by atoms with E-state index in [0.29, 0.717) is 5.91 Å². The van der Waals surface area contributed by atoms with Crippen molar-refractivity contribution in [3.05, 3.63) is 29.8 Å². The fraction of sp³-hybridized carbons (Fsp3) is 0.708. The number of rotatable bonds is 2. The molecule has 1 aromatic rings. The first-order chi connectivity index (χ1) is 14.2. The maximum absolute atomic E-state index is 13.7. The summed E-state index contributed by atoms with van der Waals surface area (Å²) in [4.78, 5) is 18.4. The Morgan fingerprint density at radius 2 is 1.70 bits per heavy atom. The third kappa shape index (κ3) is 4.35. The number of hydrogen-bond donors (Lipinski definition) is 1. The van der Waals surface area contributed by atoms with Crippen LogP contribution in [0.15, 0.2) is 24.3 Å². The van der Waals surface area contributed by atoms with Crippen LogP contribution in [-0.2, 0) is 4.79 Å². The van der Waals surface area contributed by atoms with E-state index in [4.69, 9.17) is 4.74 Å². The molecule has 1 atom stereocenters. The zero-order chi connectivity index (χ0) is 19.7. The standard InChI is InChI=1S/C24H35N3O2.ClH/c28-23(27-16-14-26(15-17-27)19-6-2-1-3-7-19)21-18-24(10-12-25-13-11-24)29-22-9-5-4-8-20(21)22;/h4-5,8-9,19,21,25H,1-3,6-7,10-18H2;1H. The number of benzene rings is 1. The van der Waals surface area contributed by atoms with Crippen LogP contribution >= 0.6 is 12.4 Å². The highest BCUT2D eigenvalue weighted by Crippen LogP contribution is 2.45. The number of carbonyl (C=O) groups is 1. The number of nitrogens with one attached hydrogen (secondary N) is 1. The van der Waals surface area contributed by atoms with Gasteiger partial charge in [0.2, 0.25) is 5.91 Å². The maximum Gasteiger partial charge on any atom is 0.230 e. The molecule has 30 heavy (non-hydrogen) atoms. The van der Waals surface area contributed by atoms with Crippen molar-refractivity contribution in [2.24, 2.45) is 0 Å². The summed E-state index contributed by atoms with van der Waals surface area (Å²) in [5.74, 6) is 1.20. The Hall–Kier alpha value is -1.30. The largest absolute Gasteiger partial charge is 0.487 e. The van der Waals surface area contributed by atoms with E-state index in [1.807, 2.05) is 12.1 Å². The molecule has 3 aliphatic heterocycles. The lowest BCUT2D eigenvalue weighted by atomic mass is 9.77. The van der Waals surface area contributed by atoms with Crippen molar-refractivity contribution in [1.29, 1.82) is 0 Å². The lowest BCUT2D eigenvalue weighted by molar-refractivity contribution is -0.137. The Kier molecular flexibility index (Phi) is 6.91. The zero-order valence-electron chi connectivity index (χ0n) is 18.0. The van der Waals surface area contributed by atoms with E-state index in [2.05, 4.69) is 27.2 Å². The van der Waals surface area contributed by atoms with E-state index >= 15 is 0 Å². The average molecular weight is 434 g/mol. The van der Waals surface area contributed by atoms with Crippen LogP contribution in [0.2, 0.25) is 0 Å². The van der Waals surface area contributed by atoms with E-state index in [9.17, 15) is 4.79 Å². The second-order valence-corrected chi connectivity index (χ2v) is 9.48. The molecule has 3 heterocycles. The number of para-hydroxylation sites is 1. The summed E-state index contributed by atoms with van der Waals surface area (Å²) in [5.41, 5.74) is 0.917. The molecule has 3 fully saturated rings. The molecule has 5 nitrogen and oxygen atoms in total. The fourth-order valence-corrected chi connectivity index (χ4v) is 6.00. The molecule has 4 aliphatic rings. The topological polar surface area (TPSA) is 44.8 Å². The number of amides is 1. The normalized spacial score (nSPS) is 27.1. The van der Waals surface area contributed by atoms with Gasteiger partial charge in [-0.1, -0.05) is 37.5 Å². The second-order valence-electron chi connectivity index (χ2n) is 9.48. The van der Waals surface area contributed by atoms with Gasteiger partial charge in [-0.15, -0.1) is 12.4 Å². The predicted molar refractivity (Wildman–Crippen MR) is 122 cm³/mol. The third-order valence-corrected chi connectivity index (χ3v) is 7.73. The number of ether oxygens (including phenoxy) is 1. The molecule has 6 heteroatoms. The smallest absolute Gasteiger partial charge is 0.230 e. The number of carbonyl (C=O) groups excluding carboxylic acids is 1. The van der Waals surface area contributed by atoms with Gasteiger partial charge in [0, 0.05) is 44.2 Å². The van der Waals surface area contributed by atoms with Crippen molar-refractivity contribution in [1.82, 2.24) is 15.1 Å². The van der Waals surface area contributed by atoms with E-state index in [-0.39, 0.29) is 23.9 Å². The van der Waals surface area contributed by atoms with Crippen molar-refractivity contribution < 1.29 is 9.53 Å². The molecule has 1 aromatic carbocycles. The molecule has 166 valence electrons. The number of nitrogens with zero attached hydrogens (tertiary/aromatic N) is 2. The van der Waals surface area contributed by atoms with Crippen LogP contribution in [0.3, 0.4) is 0 Å². The Morgan fingerprint density at radius 3 is 2.43 bits per heavy atom. The van der Waals surface area contributed by atoms with Crippen LogP contribution in [0, 0.1) is 0 Å². The monoisotopic (exact) mass is 433 g/mol. The van der Waals surface area contributed by atoms with Crippen LogP contribution in [0.25, 0.3) is 0 Å². The van der Waals surface area contributed by atoms with Gasteiger partial charge in [-0.2, -0.15) is 0 Å². The average Bonchev–Trinajstić information content (AvgIpc) is 2.79. The summed E-state index contributed by atoms with van der Waals surface area (Å²) >= 11 is 0. The van der Waals surface area contributed by atoms with E-state index in [1.54, 1.807) is 0 Å². The SMILES string of the molecule is Cl.O=C(C1CC2(CCNCC2)Oc2ccccc21)N1CCN(C2CCCCC2)CC1. The highest BCUT2D eigenvalue weighted by molar-refractivity contribution is 5.85. The van der Waals surface area contributed by atoms with Crippen molar-refractivity contribution >= 4 is 18.3 Å². The zero-order valence-corrected chi connectivity index (χ0v) is 18.8. The van der Waals surface area contributed by atoms with Gasteiger partial charge in [-0.25, -0.2) is 0 Å². The minimum Gasteiger partial charge on any atom is -0.487 e. The number of fused-ring (bicyclic) bond motifs is 1. The molecule has 0 radical (unpaired) electrons. The van der Waals surface area contributed by atoms with Gasteiger partial charge in [0.25, 0.3) is 0 Å². The molecule has 0 aromatic heterocycles. The van der Waals surface area contributed by atoms with Crippen LogP contribution < -0.4 is 10.1 Å². The van der Waals surface area contributed by atoms with Crippen LogP contribution in [0.4, 0.5) is 0 Å². The van der Waals surface area contributed by atoms with Crippen molar-refractivity contribution in [3.8, 4) is 5.75 Å². The van der Waals surface area contributed by atoms with Gasteiger partial charge < -0.3 is 15.0 Å². The summed E-state index contributed by atoms with van der Waals surface area (Å²) < 4.78 is 6.51. The molecule has 5 rings (SSSR count). The van der Waals surface area contributed by atoms with E-state index < -0.39 is 0 Å². The highest BCUT2D eigenvalue weighted by atomic mass is 35.5. The van der Waals surface area contributed by atoms with Crippen molar-refractivity contribution in [2.45, 2.75) is 68.9 Å². The summed E-state index contributed by atoms with van der Waals surface area (Å²) in [6.45, 7) is 5.78. The first-order valence-corrected chi connectivity index (χ1v) is 11.8. The van der Waals surface area contributed by atoms with Crippen LogP contribution in [0.5, 0.6) is 5.75 Å². The minimum atomic E-state index is -0.177. The third-order valence-electron chi connectivity index (χ3n) is 7.73. The van der Waals surface area contributed by atoms with Gasteiger partial charge in [0.1, 0.15) is 11.4 Å². The summed E-state index contributed by atoms with van der Waals surface area (Å²) in [7, 11) is 0. The van der Waals surface area contributed by atoms with Gasteiger partial charge in [-0.3, -0.25) is 9.69 Å². The Bertz CT molecular complexity index is 723. The molecule has 0 bridgehead atoms. The number of piperidine rings is 1. The molecule has 1 amide bonds. The number of halogens is 1. The summed E-state index contributed by atoms with van der Waals surface area (Å²) in [6.07, 6.45) is 9.64. The van der Waals surface area contributed by atoms with Crippen LogP contribution in [0.1, 0.15) is 62.8 Å². The fourth-order valence-electron chi connectivity index (χ4n) is 6.00. The first kappa shape index (κ1) is 21.9. The summed E-state index contributed by atoms with van der Waals surface area (Å²) in [6, 6.07) is 8.99. The lowest BCUT2D eigenvalue weighted by Gasteiger charge is -2.46. The molecule has 1 unspecified atom stereocenters. The van der Waals surface area contributed by atoms with Gasteiger partial charge in [0.15, 0.2) is 0 Å². The molecule has 2 saturated heterocycles. The molecular formula is C24H36ClN3O2. The molecule has 1 spiro atoms. The Balaban J connectivity index is 0.00000218. The van der Waals surface area contributed by atoms with Gasteiger partial charge in [0.05, 0.1) is 5.92 Å². The second kappa shape index (κ2) is 9.46.